The van der Waals surface area contributed by atoms with Crippen LogP contribution in [0.5, 0.6) is 5.88 Å². The third-order valence-electron chi connectivity index (χ3n) is 2.09. The maximum Gasteiger partial charge on any atom is 0.334 e. The van der Waals surface area contributed by atoms with E-state index in [0.717, 1.165) is 0 Å². The molecule has 8 heteroatoms. The second kappa shape index (κ2) is 6.50. The lowest BCUT2D eigenvalue weighted by molar-refractivity contribution is -0.148. The Bertz CT molecular complexity index is 420. The fourth-order valence-corrected chi connectivity index (χ4v) is 1.10. The van der Waals surface area contributed by atoms with Crippen molar-refractivity contribution < 1.29 is 24.2 Å². The number of amides is 1. The fourth-order valence-electron chi connectivity index (χ4n) is 1.10. The summed E-state index contributed by atoms with van der Waals surface area (Å²) in [4.78, 5) is 22.2. The van der Waals surface area contributed by atoms with Crippen molar-refractivity contribution in [2.45, 2.75) is 6.10 Å². The SMILES string of the molecule is COc1ccc(C(=O)NCC(OC)C(=O)O)nn1. The van der Waals surface area contributed by atoms with Gasteiger partial charge >= 0.3 is 5.97 Å². The van der Waals surface area contributed by atoms with Gasteiger partial charge in [-0.05, 0) is 6.07 Å². The highest BCUT2D eigenvalue weighted by atomic mass is 16.5. The van der Waals surface area contributed by atoms with Crippen molar-refractivity contribution in [2.24, 2.45) is 0 Å². The van der Waals surface area contributed by atoms with Crippen LogP contribution in [0.15, 0.2) is 12.1 Å². The number of carbonyl (C=O) groups is 2. The smallest absolute Gasteiger partial charge is 0.334 e. The highest BCUT2D eigenvalue weighted by Gasteiger charge is 2.18. The predicted molar refractivity (Wildman–Crippen MR) is 59.4 cm³/mol. The first-order chi connectivity index (χ1) is 8.58. The Morgan fingerprint density at radius 3 is 2.56 bits per heavy atom. The monoisotopic (exact) mass is 255 g/mol. The topological polar surface area (TPSA) is 111 Å². The summed E-state index contributed by atoms with van der Waals surface area (Å²) < 4.78 is 9.46. The molecule has 2 N–H and O–H groups in total. The summed E-state index contributed by atoms with van der Waals surface area (Å²) >= 11 is 0. The van der Waals surface area contributed by atoms with Gasteiger partial charge in [-0.2, -0.15) is 0 Å². The third-order valence-corrected chi connectivity index (χ3v) is 2.09. The van der Waals surface area contributed by atoms with Gasteiger partial charge < -0.3 is 19.9 Å². The molecule has 1 aromatic heterocycles. The number of hydrogen-bond acceptors (Lipinski definition) is 6. The van der Waals surface area contributed by atoms with E-state index >= 15 is 0 Å². The number of carboxylic acid groups (broad SMARTS) is 1. The first-order valence-electron chi connectivity index (χ1n) is 5.00. The van der Waals surface area contributed by atoms with Crippen LogP contribution in [0.2, 0.25) is 0 Å². The number of aliphatic carboxylic acids is 1. The summed E-state index contributed by atoms with van der Waals surface area (Å²) in [5, 5.41) is 18.3. The average molecular weight is 255 g/mol. The third kappa shape index (κ3) is 3.67. The largest absolute Gasteiger partial charge is 0.480 e. The van der Waals surface area contributed by atoms with E-state index in [-0.39, 0.29) is 18.1 Å². The number of nitrogens with one attached hydrogen (secondary N) is 1. The first-order valence-corrected chi connectivity index (χ1v) is 5.00. The molecule has 0 radical (unpaired) electrons. The Morgan fingerprint density at radius 1 is 1.39 bits per heavy atom. The van der Waals surface area contributed by atoms with Crippen molar-refractivity contribution in [3.63, 3.8) is 0 Å². The molecule has 18 heavy (non-hydrogen) atoms. The molecule has 1 heterocycles. The van der Waals surface area contributed by atoms with Gasteiger partial charge in [-0.15, -0.1) is 10.2 Å². The number of ether oxygens (including phenoxy) is 2. The zero-order chi connectivity index (χ0) is 13.5. The van der Waals surface area contributed by atoms with Crippen LogP contribution in [0.3, 0.4) is 0 Å². The Hall–Kier alpha value is -2.22. The molecule has 1 unspecified atom stereocenters. The lowest BCUT2D eigenvalue weighted by atomic mass is 10.3. The molecule has 0 aliphatic carbocycles. The summed E-state index contributed by atoms with van der Waals surface area (Å²) in [6.07, 6.45) is -1.10. The highest BCUT2D eigenvalue weighted by molar-refractivity contribution is 5.92. The molecular formula is C10H13N3O5. The molecule has 98 valence electrons. The number of carbonyl (C=O) groups excluding carboxylic acids is 1. The van der Waals surface area contributed by atoms with Crippen molar-refractivity contribution in [3.05, 3.63) is 17.8 Å². The minimum absolute atomic E-state index is 0.0658. The number of hydrogen-bond donors (Lipinski definition) is 2. The molecule has 0 aliphatic heterocycles. The van der Waals surface area contributed by atoms with Crippen LogP contribution in [-0.4, -0.2) is 54.0 Å². The zero-order valence-corrected chi connectivity index (χ0v) is 9.91. The Balaban J connectivity index is 2.56. The number of methoxy groups -OCH3 is 2. The van der Waals surface area contributed by atoms with Gasteiger partial charge in [0.15, 0.2) is 11.8 Å². The van der Waals surface area contributed by atoms with Gasteiger partial charge in [0.2, 0.25) is 5.88 Å². The minimum atomic E-state index is -1.15. The Morgan fingerprint density at radius 2 is 2.11 bits per heavy atom. The van der Waals surface area contributed by atoms with Gasteiger partial charge in [-0.1, -0.05) is 0 Å². The van der Waals surface area contributed by atoms with Crippen LogP contribution < -0.4 is 10.1 Å². The molecule has 0 spiro atoms. The molecule has 1 atom stereocenters. The lowest BCUT2D eigenvalue weighted by Gasteiger charge is -2.10. The summed E-state index contributed by atoms with van der Waals surface area (Å²) in [5.74, 6) is -1.40. The standard InChI is InChI=1S/C10H13N3O5/c1-17-7(10(15)16)5-11-9(14)6-3-4-8(18-2)13-12-6/h3-4,7H,5H2,1-2H3,(H,11,14)(H,15,16). The molecule has 8 nitrogen and oxygen atoms in total. The second-order valence-electron chi connectivity index (χ2n) is 3.23. The molecule has 0 fully saturated rings. The zero-order valence-electron chi connectivity index (χ0n) is 9.91. The lowest BCUT2D eigenvalue weighted by Crippen LogP contribution is -2.38. The molecule has 0 aromatic carbocycles. The summed E-state index contributed by atoms with van der Waals surface area (Å²) in [6, 6.07) is 2.90. The summed E-state index contributed by atoms with van der Waals surface area (Å²) in [5.41, 5.74) is 0.0658. The van der Waals surface area contributed by atoms with E-state index in [1.807, 2.05) is 0 Å². The van der Waals surface area contributed by atoms with Crippen LogP contribution in [0.1, 0.15) is 10.5 Å². The Kier molecular flexibility index (Phi) is 5.00. The van der Waals surface area contributed by atoms with E-state index in [2.05, 4.69) is 20.3 Å². The van der Waals surface area contributed by atoms with Gasteiger partial charge in [-0.25, -0.2) is 4.79 Å². The molecule has 1 aromatic rings. The van der Waals surface area contributed by atoms with E-state index < -0.39 is 18.0 Å². The van der Waals surface area contributed by atoms with Crippen molar-refractivity contribution in [1.82, 2.24) is 15.5 Å². The molecular weight excluding hydrogens is 242 g/mol. The van der Waals surface area contributed by atoms with E-state index in [4.69, 9.17) is 9.84 Å². The van der Waals surface area contributed by atoms with Crippen LogP contribution in [0.25, 0.3) is 0 Å². The van der Waals surface area contributed by atoms with Crippen molar-refractivity contribution in [3.8, 4) is 5.88 Å². The molecule has 0 bridgehead atoms. The summed E-state index contributed by atoms with van der Waals surface area (Å²) in [7, 11) is 2.68. The van der Waals surface area contributed by atoms with Gasteiger partial charge in [0.05, 0.1) is 13.7 Å². The van der Waals surface area contributed by atoms with Gasteiger partial charge in [-0.3, -0.25) is 4.79 Å². The van der Waals surface area contributed by atoms with Crippen molar-refractivity contribution >= 4 is 11.9 Å². The van der Waals surface area contributed by atoms with E-state index in [9.17, 15) is 9.59 Å². The van der Waals surface area contributed by atoms with E-state index in [0.29, 0.717) is 0 Å². The average Bonchev–Trinajstić information content (AvgIpc) is 2.39. The normalized spacial score (nSPS) is 11.7. The number of carboxylic acids is 1. The van der Waals surface area contributed by atoms with E-state index in [1.165, 1.54) is 26.4 Å². The number of nitrogens with zero attached hydrogens (tertiary/aromatic N) is 2. The molecule has 1 amide bonds. The molecule has 0 saturated carbocycles. The van der Waals surface area contributed by atoms with Crippen molar-refractivity contribution in [1.29, 1.82) is 0 Å². The maximum absolute atomic E-state index is 11.6. The summed E-state index contributed by atoms with van der Waals surface area (Å²) in [6.45, 7) is -0.154. The number of aromatic nitrogens is 2. The highest BCUT2D eigenvalue weighted by Crippen LogP contribution is 2.03. The first kappa shape index (κ1) is 13.8. The van der Waals surface area contributed by atoms with Crippen LogP contribution in [0, 0.1) is 0 Å². The minimum Gasteiger partial charge on any atom is -0.480 e. The predicted octanol–water partition coefficient (Wildman–Crippen LogP) is -0.685. The van der Waals surface area contributed by atoms with Crippen LogP contribution in [-0.2, 0) is 9.53 Å². The van der Waals surface area contributed by atoms with Crippen LogP contribution in [0.4, 0.5) is 0 Å². The number of rotatable bonds is 6. The maximum atomic E-state index is 11.6. The Labute approximate surface area is 103 Å². The van der Waals surface area contributed by atoms with Gasteiger partial charge in [0.25, 0.3) is 5.91 Å². The van der Waals surface area contributed by atoms with Gasteiger partial charge in [0.1, 0.15) is 0 Å². The molecule has 0 aliphatic rings. The quantitative estimate of drug-likeness (QED) is 0.692. The van der Waals surface area contributed by atoms with E-state index in [1.54, 1.807) is 0 Å². The van der Waals surface area contributed by atoms with Gasteiger partial charge in [0, 0.05) is 13.2 Å². The van der Waals surface area contributed by atoms with Crippen molar-refractivity contribution in [2.75, 3.05) is 20.8 Å². The fraction of sp³-hybridized carbons (Fsp3) is 0.400. The molecule has 0 saturated heterocycles. The molecule has 1 rings (SSSR count). The van der Waals surface area contributed by atoms with Crippen LogP contribution >= 0.6 is 0 Å². The second-order valence-corrected chi connectivity index (χ2v) is 3.23.